The summed E-state index contributed by atoms with van der Waals surface area (Å²) in [6, 6.07) is 12.7. The molecule has 0 aromatic heterocycles. The van der Waals surface area contributed by atoms with Crippen LogP contribution < -0.4 is 9.80 Å². The molecule has 4 rings (SSSR count). The summed E-state index contributed by atoms with van der Waals surface area (Å²) >= 11 is 0. The molecular formula is C24H28FN3O2. The number of hydrogen-bond acceptors (Lipinski definition) is 4. The summed E-state index contributed by atoms with van der Waals surface area (Å²) in [7, 11) is 0. The first-order valence-corrected chi connectivity index (χ1v) is 10.6. The molecule has 2 aliphatic heterocycles. The maximum Gasteiger partial charge on any atom is 0.244 e. The minimum Gasteiger partial charge on any atom is -0.367 e. The van der Waals surface area contributed by atoms with E-state index in [1.165, 1.54) is 18.6 Å². The molecule has 1 fully saturated rings. The number of fused-ring (bicyclic) bond motifs is 1. The molecule has 2 atom stereocenters. The van der Waals surface area contributed by atoms with Gasteiger partial charge in [-0.3, -0.25) is 14.5 Å². The third-order valence-corrected chi connectivity index (χ3v) is 6.36. The summed E-state index contributed by atoms with van der Waals surface area (Å²) in [6.07, 6.45) is 0.887. The Morgan fingerprint density at radius 1 is 1.03 bits per heavy atom. The van der Waals surface area contributed by atoms with E-state index in [0.717, 1.165) is 12.1 Å². The monoisotopic (exact) mass is 409 g/mol. The molecule has 0 N–H and O–H groups in total. The lowest BCUT2D eigenvalue weighted by Crippen LogP contribution is -2.55. The number of anilines is 2. The Labute approximate surface area is 177 Å². The molecular weight excluding hydrogens is 381 g/mol. The molecule has 0 unspecified atom stereocenters. The molecule has 1 saturated heterocycles. The van der Waals surface area contributed by atoms with E-state index in [-0.39, 0.29) is 29.6 Å². The zero-order chi connectivity index (χ0) is 21.4. The predicted octanol–water partition coefficient (Wildman–Crippen LogP) is 3.52. The molecule has 0 bridgehead atoms. The summed E-state index contributed by atoms with van der Waals surface area (Å²) in [5.41, 5.74) is 3.14. The quantitative estimate of drug-likeness (QED) is 0.725. The summed E-state index contributed by atoms with van der Waals surface area (Å²) in [6.45, 7) is 8.14. The van der Waals surface area contributed by atoms with E-state index in [9.17, 15) is 14.0 Å². The molecule has 2 aliphatic rings. The normalized spacial score (nSPS) is 20.2. The van der Waals surface area contributed by atoms with Gasteiger partial charge in [0.15, 0.2) is 5.78 Å². The van der Waals surface area contributed by atoms with Gasteiger partial charge in [-0.25, -0.2) is 4.39 Å². The highest BCUT2D eigenvalue weighted by Gasteiger charge is 2.36. The second-order valence-electron chi connectivity index (χ2n) is 8.31. The zero-order valence-corrected chi connectivity index (χ0v) is 17.8. The van der Waals surface area contributed by atoms with Crippen LogP contribution in [0.2, 0.25) is 0 Å². The molecule has 1 amide bonds. The molecule has 6 heteroatoms. The van der Waals surface area contributed by atoms with Crippen LogP contribution >= 0.6 is 0 Å². The number of hydrogen-bond donors (Lipinski definition) is 0. The predicted molar refractivity (Wildman–Crippen MR) is 117 cm³/mol. The molecule has 2 heterocycles. The van der Waals surface area contributed by atoms with Crippen molar-refractivity contribution >= 4 is 23.1 Å². The van der Waals surface area contributed by atoms with Crippen molar-refractivity contribution in [3.8, 4) is 0 Å². The van der Waals surface area contributed by atoms with Gasteiger partial charge >= 0.3 is 0 Å². The van der Waals surface area contributed by atoms with Gasteiger partial charge in [0.05, 0.1) is 11.7 Å². The van der Waals surface area contributed by atoms with Crippen molar-refractivity contribution in [2.45, 2.75) is 39.3 Å². The second-order valence-corrected chi connectivity index (χ2v) is 8.31. The number of halogens is 1. The first-order valence-electron chi connectivity index (χ1n) is 10.6. The highest BCUT2D eigenvalue weighted by atomic mass is 19.1. The summed E-state index contributed by atoms with van der Waals surface area (Å²) < 4.78 is 14.5. The number of amides is 1. The Bertz CT molecular complexity index is 969. The third-order valence-electron chi connectivity index (χ3n) is 6.36. The van der Waals surface area contributed by atoms with E-state index in [1.807, 2.05) is 34.9 Å². The van der Waals surface area contributed by atoms with Gasteiger partial charge in [-0.1, -0.05) is 18.2 Å². The van der Waals surface area contributed by atoms with Crippen LogP contribution in [0, 0.1) is 5.82 Å². The summed E-state index contributed by atoms with van der Waals surface area (Å²) in [5.74, 6) is -0.393. The number of para-hydroxylation sites is 1. The van der Waals surface area contributed by atoms with Gasteiger partial charge in [0, 0.05) is 43.5 Å². The van der Waals surface area contributed by atoms with Crippen LogP contribution in [-0.4, -0.2) is 54.9 Å². The fourth-order valence-corrected chi connectivity index (χ4v) is 4.59. The number of Topliss-reactive ketones (excluding diaryl/α,β-unsaturated/α-hetero) is 1. The average Bonchev–Trinajstić information content (AvgIpc) is 3.08. The van der Waals surface area contributed by atoms with Gasteiger partial charge in [0.1, 0.15) is 5.82 Å². The van der Waals surface area contributed by atoms with Gasteiger partial charge in [-0.2, -0.15) is 0 Å². The lowest BCUT2D eigenvalue weighted by molar-refractivity contribution is -0.123. The van der Waals surface area contributed by atoms with Crippen LogP contribution in [-0.2, 0) is 11.2 Å². The molecule has 0 saturated carbocycles. The van der Waals surface area contributed by atoms with Crippen molar-refractivity contribution in [3.63, 3.8) is 0 Å². The number of benzene rings is 2. The molecule has 2 aromatic carbocycles. The Hall–Kier alpha value is -2.73. The van der Waals surface area contributed by atoms with Crippen LogP contribution in [0.25, 0.3) is 0 Å². The number of carbonyl (C=O) groups excluding carboxylic acids is 2. The Balaban J connectivity index is 1.42. The first-order chi connectivity index (χ1) is 14.4. The van der Waals surface area contributed by atoms with Gasteiger partial charge in [-0.05, 0) is 57.0 Å². The van der Waals surface area contributed by atoms with Crippen LogP contribution in [0.5, 0.6) is 0 Å². The first kappa shape index (κ1) is 20.5. The SMILES string of the molecule is CC(=O)c1ccc(N2CCN([C@@H](C)C(=O)N3c4ccccc4C[C@@H]3C)CC2)c(F)c1. The topological polar surface area (TPSA) is 43.9 Å². The van der Waals surface area contributed by atoms with Crippen molar-refractivity contribution in [1.29, 1.82) is 0 Å². The summed E-state index contributed by atoms with van der Waals surface area (Å²) in [4.78, 5) is 30.9. The van der Waals surface area contributed by atoms with E-state index in [4.69, 9.17) is 0 Å². The van der Waals surface area contributed by atoms with Crippen molar-refractivity contribution in [2.24, 2.45) is 0 Å². The summed E-state index contributed by atoms with van der Waals surface area (Å²) in [5, 5.41) is 0. The van der Waals surface area contributed by atoms with E-state index < -0.39 is 0 Å². The van der Waals surface area contributed by atoms with Gasteiger partial charge < -0.3 is 9.80 Å². The lowest BCUT2D eigenvalue weighted by atomic mass is 10.1. The van der Waals surface area contributed by atoms with Crippen LogP contribution in [0.3, 0.4) is 0 Å². The molecule has 0 spiro atoms. The van der Waals surface area contributed by atoms with Gasteiger partial charge in [-0.15, -0.1) is 0 Å². The molecule has 0 radical (unpaired) electrons. The van der Waals surface area contributed by atoms with E-state index in [0.29, 0.717) is 37.4 Å². The van der Waals surface area contributed by atoms with Gasteiger partial charge in [0.2, 0.25) is 5.91 Å². The van der Waals surface area contributed by atoms with Crippen LogP contribution in [0.15, 0.2) is 42.5 Å². The van der Waals surface area contributed by atoms with E-state index >= 15 is 0 Å². The number of rotatable bonds is 4. The lowest BCUT2D eigenvalue weighted by Gasteiger charge is -2.40. The number of carbonyl (C=O) groups is 2. The maximum absolute atomic E-state index is 14.5. The van der Waals surface area contributed by atoms with Crippen LogP contribution in [0.1, 0.15) is 36.7 Å². The van der Waals surface area contributed by atoms with Crippen molar-refractivity contribution in [2.75, 3.05) is 36.0 Å². The fourth-order valence-electron chi connectivity index (χ4n) is 4.59. The largest absolute Gasteiger partial charge is 0.367 e. The number of nitrogens with zero attached hydrogens (tertiary/aromatic N) is 3. The third kappa shape index (κ3) is 3.72. The molecule has 5 nitrogen and oxygen atoms in total. The average molecular weight is 410 g/mol. The van der Waals surface area contributed by atoms with Crippen LogP contribution in [0.4, 0.5) is 15.8 Å². The van der Waals surface area contributed by atoms with Crippen molar-refractivity contribution in [3.05, 3.63) is 59.4 Å². The fraction of sp³-hybridized carbons (Fsp3) is 0.417. The Morgan fingerprint density at radius 3 is 2.40 bits per heavy atom. The second kappa shape index (κ2) is 8.19. The maximum atomic E-state index is 14.5. The van der Waals surface area contributed by atoms with Gasteiger partial charge in [0.25, 0.3) is 0 Å². The minimum absolute atomic E-state index is 0.123. The van der Waals surface area contributed by atoms with E-state index in [2.05, 4.69) is 17.9 Å². The molecule has 30 heavy (non-hydrogen) atoms. The number of ketones is 1. The highest BCUT2D eigenvalue weighted by Crippen LogP contribution is 2.33. The Kier molecular flexibility index (Phi) is 5.60. The van der Waals surface area contributed by atoms with E-state index in [1.54, 1.807) is 12.1 Å². The zero-order valence-electron chi connectivity index (χ0n) is 17.8. The molecule has 158 valence electrons. The van der Waals surface area contributed by atoms with Crippen molar-refractivity contribution in [1.82, 2.24) is 4.90 Å². The minimum atomic E-state index is -0.372. The molecule has 2 aromatic rings. The Morgan fingerprint density at radius 2 is 1.73 bits per heavy atom. The smallest absolute Gasteiger partial charge is 0.244 e. The highest BCUT2D eigenvalue weighted by molar-refractivity contribution is 5.99. The standard InChI is InChI=1S/C24H28FN3O2/c1-16-14-20-6-4-5-7-22(20)28(16)24(30)17(2)26-10-12-27(13-11-26)23-9-8-19(18(3)29)15-21(23)25/h4-9,15-17H,10-14H2,1-3H3/t16-,17-/m0/s1. The molecule has 0 aliphatic carbocycles. The van der Waals surface area contributed by atoms with Crippen molar-refractivity contribution < 1.29 is 14.0 Å². The number of piperazine rings is 1.